The molecule has 0 aliphatic carbocycles. The Bertz CT molecular complexity index is 523. The van der Waals surface area contributed by atoms with Gasteiger partial charge >= 0.3 is 0 Å². The first kappa shape index (κ1) is 13.4. The van der Waals surface area contributed by atoms with Gasteiger partial charge in [-0.3, -0.25) is 0 Å². The zero-order valence-electron chi connectivity index (χ0n) is 11.0. The molecule has 0 fully saturated rings. The van der Waals surface area contributed by atoms with Gasteiger partial charge < -0.3 is 14.6 Å². The summed E-state index contributed by atoms with van der Waals surface area (Å²) in [6.07, 6.45) is 1.08. The van der Waals surface area contributed by atoms with Crippen LogP contribution < -0.4 is 9.47 Å². The maximum Gasteiger partial charge on any atom is 0.219 e. The molecule has 4 nitrogen and oxygen atoms in total. The molecule has 0 spiro atoms. The number of aliphatic hydroxyl groups is 1. The second-order valence-corrected chi connectivity index (χ2v) is 4.11. The van der Waals surface area contributed by atoms with Crippen LogP contribution in [0.25, 0.3) is 0 Å². The minimum Gasteiger partial charge on any atom is -0.494 e. The van der Waals surface area contributed by atoms with Gasteiger partial charge in [-0.2, -0.15) is 0 Å². The SMILES string of the molecule is CCOc1ccc(Oc2cc([C@H](C)O)ccn2)cc1. The molecular formula is C15H17NO3. The lowest BCUT2D eigenvalue weighted by atomic mass is 10.2. The highest BCUT2D eigenvalue weighted by Gasteiger charge is 2.04. The third-order valence-corrected chi connectivity index (χ3v) is 2.60. The second kappa shape index (κ2) is 6.20. The molecule has 0 saturated carbocycles. The third-order valence-electron chi connectivity index (χ3n) is 2.60. The van der Waals surface area contributed by atoms with Crippen molar-refractivity contribution in [2.45, 2.75) is 20.0 Å². The average Bonchev–Trinajstić information content (AvgIpc) is 2.42. The Labute approximate surface area is 112 Å². The molecule has 2 aromatic rings. The number of aliphatic hydroxyl groups excluding tert-OH is 1. The van der Waals surface area contributed by atoms with Crippen molar-refractivity contribution in [1.29, 1.82) is 0 Å². The van der Waals surface area contributed by atoms with E-state index in [0.29, 0.717) is 18.2 Å². The van der Waals surface area contributed by atoms with Gasteiger partial charge in [-0.1, -0.05) is 0 Å². The lowest BCUT2D eigenvalue weighted by Gasteiger charge is -2.09. The van der Waals surface area contributed by atoms with Crippen LogP contribution in [-0.2, 0) is 0 Å². The highest BCUT2D eigenvalue weighted by molar-refractivity contribution is 5.34. The molecule has 0 unspecified atom stereocenters. The second-order valence-electron chi connectivity index (χ2n) is 4.11. The number of hydrogen-bond acceptors (Lipinski definition) is 4. The fourth-order valence-corrected chi connectivity index (χ4v) is 1.63. The molecule has 19 heavy (non-hydrogen) atoms. The fraction of sp³-hybridized carbons (Fsp3) is 0.267. The molecule has 1 N–H and O–H groups in total. The van der Waals surface area contributed by atoms with E-state index in [4.69, 9.17) is 9.47 Å². The molecule has 0 saturated heterocycles. The molecule has 1 aromatic heterocycles. The first-order valence-electron chi connectivity index (χ1n) is 6.23. The van der Waals surface area contributed by atoms with E-state index in [1.165, 1.54) is 0 Å². The maximum absolute atomic E-state index is 9.51. The van der Waals surface area contributed by atoms with Crippen molar-refractivity contribution in [2.24, 2.45) is 0 Å². The van der Waals surface area contributed by atoms with Crippen LogP contribution in [0.1, 0.15) is 25.5 Å². The fourth-order valence-electron chi connectivity index (χ4n) is 1.63. The van der Waals surface area contributed by atoms with Gasteiger partial charge in [-0.05, 0) is 49.7 Å². The normalized spacial score (nSPS) is 11.9. The third kappa shape index (κ3) is 3.69. The minimum atomic E-state index is -0.536. The number of ether oxygens (including phenoxy) is 2. The van der Waals surface area contributed by atoms with E-state index in [-0.39, 0.29) is 0 Å². The predicted octanol–water partition coefficient (Wildman–Crippen LogP) is 3.33. The highest BCUT2D eigenvalue weighted by Crippen LogP contribution is 2.24. The van der Waals surface area contributed by atoms with E-state index in [1.54, 1.807) is 25.3 Å². The lowest BCUT2D eigenvalue weighted by Crippen LogP contribution is -1.94. The van der Waals surface area contributed by atoms with E-state index in [0.717, 1.165) is 11.3 Å². The zero-order chi connectivity index (χ0) is 13.7. The maximum atomic E-state index is 9.51. The van der Waals surface area contributed by atoms with Crippen LogP contribution in [0.15, 0.2) is 42.6 Å². The highest BCUT2D eigenvalue weighted by atomic mass is 16.5. The van der Waals surface area contributed by atoms with Crippen molar-refractivity contribution in [1.82, 2.24) is 4.98 Å². The van der Waals surface area contributed by atoms with Crippen molar-refractivity contribution in [3.63, 3.8) is 0 Å². The molecule has 100 valence electrons. The predicted molar refractivity (Wildman–Crippen MR) is 72.6 cm³/mol. The zero-order valence-corrected chi connectivity index (χ0v) is 11.0. The van der Waals surface area contributed by atoms with Crippen LogP contribution in [0, 0.1) is 0 Å². The quantitative estimate of drug-likeness (QED) is 0.894. The van der Waals surface area contributed by atoms with Gasteiger partial charge in [0, 0.05) is 12.3 Å². The van der Waals surface area contributed by atoms with Crippen molar-refractivity contribution in [3.8, 4) is 17.4 Å². The van der Waals surface area contributed by atoms with E-state index in [9.17, 15) is 5.11 Å². The standard InChI is InChI=1S/C15H17NO3/c1-3-18-13-4-6-14(7-5-13)19-15-10-12(11(2)17)8-9-16-15/h4-11,17H,3H2,1-2H3/t11-/m0/s1. The molecule has 2 rings (SSSR count). The number of rotatable bonds is 5. The van der Waals surface area contributed by atoms with Gasteiger partial charge in [0.05, 0.1) is 12.7 Å². The van der Waals surface area contributed by atoms with Crippen LogP contribution in [0.3, 0.4) is 0 Å². The van der Waals surface area contributed by atoms with Gasteiger partial charge in [-0.15, -0.1) is 0 Å². The average molecular weight is 259 g/mol. The molecule has 0 aliphatic heterocycles. The van der Waals surface area contributed by atoms with Gasteiger partial charge in [0.15, 0.2) is 0 Å². The molecular weight excluding hydrogens is 242 g/mol. The summed E-state index contributed by atoms with van der Waals surface area (Å²) < 4.78 is 11.0. The lowest BCUT2D eigenvalue weighted by molar-refractivity contribution is 0.198. The summed E-state index contributed by atoms with van der Waals surface area (Å²) >= 11 is 0. The number of aromatic nitrogens is 1. The van der Waals surface area contributed by atoms with E-state index < -0.39 is 6.10 Å². The van der Waals surface area contributed by atoms with Gasteiger partial charge in [0.1, 0.15) is 11.5 Å². The Kier molecular flexibility index (Phi) is 4.36. The summed E-state index contributed by atoms with van der Waals surface area (Å²) in [5.41, 5.74) is 0.774. The number of benzene rings is 1. The van der Waals surface area contributed by atoms with Crippen molar-refractivity contribution in [2.75, 3.05) is 6.61 Å². The van der Waals surface area contributed by atoms with Gasteiger partial charge in [-0.25, -0.2) is 4.98 Å². The molecule has 0 amide bonds. The molecule has 1 atom stereocenters. The van der Waals surface area contributed by atoms with Crippen LogP contribution in [-0.4, -0.2) is 16.7 Å². The summed E-state index contributed by atoms with van der Waals surface area (Å²) in [7, 11) is 0. The van der Waals surface area contributed by atoms with Crippen molar-refractivity contribution < 1.29 is 14.6 Å². The topological polar surface area (TPSA) is 51.6 Å². The largest absolute Gasteiger partial charge is 0.494 e. The molecule has 4 heteroatoms. The molecule has 1 aromatic carbocycles. The van der Waals surface area contributed by atoms with Crippen LogP contribution in [0.2, 0.25) is 0 Å². The van der Waals surface area contributed by atoms with Gasteiger partial charge in [0.2, 0.25) is 5.88 Å². The number of pyridine rings is 1. The van der Waals surface area contributed by atoms with E-state index >= 15 is 0 Å². The van der Waals surface area contributed by atoms with E-state index in [1.807, 2.05) is 31.2 Å². The number of nitrogens with zero attached hydrogens (tertiary/aromatic N) is 1. The first-order chi connectivity index (χ1) is 9.19. The minimum absolute atomic E-state index is 0.461. The summed E-state index contributed by atoms with van der Waals surface area (Å²) in [5, 5.41) is 9.51. The van der Waals surface area contributed by atoms with Crippen LogP contribution in [0.4, 0.5) is 0 Å². The molecule has 0 aliphatic rings. The van der Waals surface area contributed by atoms with Gasteiger partial charge in [0.25, 0.3) is 0 Å². The smallest absolute Gasteiger partial charge is 0.219 e. The van der Waals surface area contributed by atoms with Crippen molar-refractivity contribution in [3.05, 3.63) is 48.2 Å². The Morgan fingerprint density at radius 2 is 1.84 bits per heavy atom. The van der Waals surface area contributed by atoms with Crippen LogP contribution in [0.5, 0.6) is 17.4 Å². The molecule has 0 bridgehead atoms. The first-order valence-corrected chi connectivity index (χ1v) is 6.23. The molecule has 1 heterocycles. The Hall–Kier alpha value is -2.07. The Morgan fingerprint density at radius 3 is 2.47 bits per heavy atom. The summed E-state index contributed by atoms with van der Waals surface area (Å²) in [4.78, 5) is 4.11. The Balaban J connectivity index is 2.10. The van der Waals surface area contributed by atoms with Crippen molar-refractivity contribution >= 4 is 0 Å². The molecule has 0 radical (unpaired) electrons. The summed E-state index contributed by atoms with van der Waals surface area (Å²) in [6.45, 7) is 4.28. The summed E-state index contributed by atoms with van der Waals surface area (Å²) in [5.74, 6) is 1.95. The monoisotopic (exact) mass is 259 g/mol. The Morgan fingerprint density at radius 1 is 1.16 bits per heavy atom. The number of hydrogen-bond donors (Lipinski definition) is 1. The van der Waals surface area contributed by atoms with Crippen LogP contribution >= 0.6 is 0 Å². The van der Waals surface area contributed by atoms with E-state index in [2.05, 4.69) is 4.98 Å². The summed E-state index contributed by atoms with van der Waals surface area (Å²) in [6, 6.07) is 10.8.